The van der Waals surface area contributed by atoms with Crippen molar-refractivity contribution in [2.45, 2.75) is 19.9 Å². The molecule has 0 fully saturated rings. The van der Waals surface area contributed by atoms with Gasteiger partial charge in [-0.3, -0.25) is 4.98 Å². The van der Waals surface area contributed by atoms with Crippen LogP contribution in [-0.2, 0) is 13.0 Å². The lowest BCUT2D eigenvalue weighted by Crippen LogP contribution is -2.37. The summed E-state index contributed by atoms with van der Waals surface area (Å²) in [6, 6.07) is 12.4. The molecule has 2 rings (SSSR count). The largest absolute Gasteiger partial charge is 0.356 e. The molecule has 1 aromatic heterocycles. The van der Waals surface area contributed by atoms with Crippen LogP contribution in [0, 0.1) is 6.92 Å². The number of nitrogens with zero attached hydrogens (tertiary/aromatic N) is 3. The van der Waals surface area contributed by atoms with Crippen molar-refractivity contribution in [3.63, 3.8) is 0 Å². The van der Waals surface area contributed by atoms with E-state index in [4.69, 9.17) is 0 Å². The van der Waals surface area contributed by atoms with E-state index >= 15 is 0 Å². The van der Waals surface area contributed by atoms with Crippen LogP contribution in [0.4, 0.5) is 0 Å². The zero-order chi connectivity index (χ0) is 15.8. The van der Waals surface area contributed by atoms with Crippen molar-refractivity contribution in [2.24, 2.45) is 4.99 Å². The Morgan fingerprint density at radius 2 is 1.91 bits per heavy atom. The maximum Gasteiger partial charge on any atom is 0.193 e. The fourth-order valence-corrected chi connectivity index (χ4v) is 2.20. The van der Waals surface area contributed by atoms with Gasteiger partial charge in [0.1, 0.15) is 0 Å². The van der Waals surface area contributed by atoms with Crippen molar-refractivity contribution in [3.8, 4) is 0 Å². The zero-order valence-corrected chi connectivity index (χ0v) is 16.3. The topological polar surface area (TPSA) is 40.5 Å². The van der Waals surface area contributed by atoms with Gasteiger partial charge in [0.15, 0.2) is 5.96 Å². The summed E-state index contributed by atoms with van der Waals surface area (Å²) in [6.45, 7) is 3.64. The summed E-state index contributed by atoms with van der Waals surface area (Å²) in [6.07, 6.45) is 4.72. The first kappa shape index (κ1) is 19.4. The quantitative estimate of drug-likeness (QED) is 0.455. The maximum absolute atomic E-state index is 4.67. The van der Waals surface area contributed by atoms with E-state index in [-0.39, 0.29) is 24.0 Å². The Hall–Kier alpha value is -1.63. The lowest BCUT2D eigenvalue weighted by Gasteiger charge is -2.18. The molecule has 1 aromatic carbocycles. The normalized spacial score (nSPS) is 10.8. The molecule has 0 saturated carbocycles. The molecule has 0 aliphatic heterocycles. The van der Waals surface area contributed by atoms with E-state index in [0.29, 0.717) is 6.54 Å². The van der Waals surface area contributed by atoms with Crippen molar-refractivity contribution < 1.29 is 0 Å². The van der Waals surface area contributed by atoms with Crippen molar-refractivity contribution in [1.82, 2.24) is 15.2 Å². The number of nitrogens with one attached hydrogen (secondary N) is 1. The van der Waals surface area contributed by atoms with Gasteiger partial charge >= 0.3 is 0 Å². The average molecular weight is 424 g/mol. The van der Waals surface area contributed by atoms with Gasteiger partial charge in [0.05, 0.1) is 6.54 Å². The molecule has 1 heterocycles. The number of benzene rings is 1. The van der Waals surface area contributed by atoms with Crippen molar-refractivity contribution in [1.29, 1.82) is 0 Å². The Kier molecular flexibility index (Phi) is 8.61. The fraction of sp³-hybridized carbons (Fsp3) is 0.333. The minimum atomic E-state index is 0. The summed E-state index contributed by atoms with van der Waals surface area (Å²) in [7, 11) is 4.02. The molecular formula is C18H25IN4. The third-order valence-corrected chi connectivity index (χ3v) is 3.49. The Morgan fingerprint density at radius 3 is 2.57 bits per heavy atom. The summed E-state index contributed by atoms with van der Waals surface area (Å²) < 4.78 is 0. The van der Waals surface area contributed by atoms with E-state index in [1.165, 1.54) is 16.7 Å². The van der Waals surface area contributed by atoms with Crippen molar-refractivity contribution in [2.75, 3.05) is 20.6 Å². The van der Waals surface area contributed by atoms with Gasteiger partial charge in [-0.05, 0) is 36.1 Å². The van der Waals surface area contributed by atoms with Crippen LogP contribution in [0.3, 0.4) is 0 Å². The molecule has 0 atom stereocenters. The predicted molar refractivity (Wildman–Crippen MR) is 107 cm³/mol. The molecule has 0 aliphatic carbocycles. The van der Waals surface area contributed by atoms with Gasteiger partial charge in [0.2, 0.25) is 0 Å². The molecule has 5 heteroatoms. The lowest BCUT2D eigenvalue weighted by molar-refractivity contribution is 0.579. The van der Waals surface area contributed by atoms with Crippen LogP contribution >= 0.6 is 24.0 Å². The second-order valence-electron chi connectivity index (χ2n) is 5.50. The second-order valence-corrected chi connectivity index (χ2v) is 5.50. The summed E-state index contributed by atoms with van der Waals surface area (Å²) in [4.78, 5) is 10.8. The van der Waals surface area contributed by atoms with Gasteiger partial charge in [0, 0.05) is 33.0 Å². The number of rotatable bonds is 5. The number of aryl methyl sites for hydroxylation is 1. The van der Waals surface area contributed by atoms with E-state index in [2.05, 4.69) is 40.4 Å². The van der Waals surface area contributed by atoms with Crippen LogP contribution in [0.1, 0.15) is 16.7 Å². The van der Waals surface area contributed by atoms with Crippen LogP contribution < -0.4 is 5.32 Å². The molecule has 23 heavy (non-hydrogen) atoms. The smallest absolute Gasteiger partial charge is 0.193 e. The number of hydrogen-bond acceptors (Lipinski definition) is 2. The average Bonchev–Trinajstić information content (AvgIpc) is 2.53. The van der Waals surface area contributed by atoms with Gasteiger partial charge in [-0.15, -0.1) is 24.0 Å². The molecule has 2 aromatic rings. The second kappa shape index (κ2) is 10.2. The van der Waals surface area contributed by atoms with Gasteiger partial charge in [0.25, 0.3) is 0 Å². The van der Waals surface area contributed by atoms with Crippen molar-refractivity contribution >= 4 is 29.9 Å². The van der Waals surface area contributed by atoms with E-state index in [0.717, 1.165) is 18.9 Å². The molecule has 124 valence electrons. The first-order valence-electron chi connectivity index (χ1n) is 7.56. The molecule has 0 spiro atoms. The molecule has 0 bridgehead atoms. The fourth-order valence-electron chi connectivity index (χ4n) is 2.20. The number of aromatic nitrogens is 1. The standard InChI is InChI=1S/C18H24N4.HI/c1-15-13-19-11-9-17(15)10-12-20-18(22(2)3)21-14-16-7-5-4-6-8-16;/h4-9,11,13H,10,12,14H2,1-3H3,(H,20,21);1H. The summed E-state index contributed by atoms with van der Waals surface area (Å²) >= 11 is 0. The first-order chi connectivity index (χ1) is 10.7. The molecule has 1 N–H and O–H groups in total. The zero-order valence-electron chi connectivity index (χ0n) is 14.0. The van der Waals surface area contributed by atoms with Crippen LogP contribution in [-0.4, -0.2) is 36.5 Å². The van der Waals surface area contributed by atoms with Crippen molar-refractivity contribution in [3.05, 3.63) is 65.5 Å². The molecule has 0 aliphatic rings. The molecular weight excluding hydrogens is 399 g/mol. The highest BCUT2D eigenvalue weighted by Crippen LogP contribution is 2.05. The van der Waals surface area contributed by atoms with Crippen LogP contribution in [0.15, 0.2) is 53.8 Å². The van der Waals surface area contributed by atoms with E-state index in [1.54, 1.807) is 0 Å². The molecule has 0 unspecified atom stereocenters. The highest BCUT2D eigenvalue weighted by atomic mass is 127. The van der Waals surface area contributed by atoms with Crippen LogP contribution in [0.25, 0.3) is 0 Å². The maximum atomic E-state index is 4.67. The molecule has 0 radical (unpaired) electrons. The minimum Gasteiger partial charge on any atom is -0.356 e. The van der Waals surface area contributed by atoms with Gasteiger partial charge in [-0.1, -0.05) is 30.3 Å². The molecule has 0 amide bonds. The number of halogens is 1. The van der Waals surface area contributed by atoms with E-state index in [9.17, 15) is 0 Å². The Balaban J connectivity index is 0.00000264. The Morgan fingerprint density at radius 1 is 1.17 bits per heavy atom. The number of guanidine groups is 1. The summed E-state index contributed by atoms with van der Waals surface area (Å²) in [5.41, 5.74) is 3.77. The third kappa shape index (κ3) is 6.56. The van der Waals surface area contributed by atoms with Crippen LogP contribution in [0.2, 0.25) is 0 Å². The van der Waals surface area contributed by atoms with E-state index in [1.807, 2.05) is 49.6 Å². The molecule has 0 saturated heterocycles. The van der Waals surface area contributed by atoms with Crippen LogP contribution in [0.5, 0.6) is 0 Å². The lowest BCUT2D eigenvalue weighted by atomic mass is 10.1. The highest BCUT2D eigenvalue weighted by molar-refractivity contribution is 14.0. The third-order valence-electron chi connectivity index (χ3n) is 3.49. The predicted octanol–water partition coefficient (Wildman–Crippen LogP) is 3.26. The number of hydrogen-bond donors (Lipinski definition) is 1. The minimum absolute atomic E-state index is 0. The number of pyridine rings is 1. The first-order valence-corrected chi connectivity index (χ1v) is 7.56. The van der Waals surface area contributed by atoms with Gasteiger partial charge in [-0.2, -0.15) is 0 Å². The Labute approximate surface area is 156 Å². The monoisotopic (exact) mass is 424 g/mol. The van der Waals surface area contributed by atoms with Gasteiger partial charge < -0.3 is 10.2 Å². The molecule has 4 nitrogen and oxygen atoms in total. The van der Waals surface area contributed by atoms with E-state index < -0.39 is 0 Å². The van der Waals surface area contributed by atoms with Gasteiger partial charge in [-0.25, -0.2) is 4.99 Å². The summed E-state index contributed by atoms with van der Waals surface area (Å²) in [5.74, 6) is 0.913. The SMILES string of the molecule is Cc1cnccc1CCNC(=NCc1ccccc1)N(C)C.I. The summed E-state index contributed by atoms with van der Waals surface area (Å²) in [5, 5.41) is 3.42. The number of aliphatic imine (C=N–C) groups is 1. The Bertz CT molecular complexity index is 611. The highest BCUT2D eigenvalue weighted by Gasteiger charge is 2.03.